The van der Waals surface area contributed by atoms with Crippen molar-refractivity contribution in [2.24, 2.45) is 0 Å². The Balaban J connectivity index is 2.90. The standard InChI is InChI=1S/C16H30N4O/c1-7-9-17-13-10-14(18-12(3)11-21-8-2)20-15(19-13)16(4,5)6/h10,12H,7-9,11H2,1-6H3,(H2,17,18,19,20). The van der Waals surface area contributed by atoms with Crippen molar-refractivity contribution in [3.63, 3.8) is 0 Å². The molecule has 5 nitrogen and oxygen atoms in total. The Morgan fingerprint density at radius 3 is 2.43 bits per heavy atom. The smallest absolute Gasteiger partial charge is 0.138 e. The highest BCUT2D eigenvalue weighted by Crippen LogP contribution is 2.22. The lowest BCUT2D eigenvalue weighted by Gasteiger charge is -2.21. The number of ether oxygens (including phenoxy) is 1. The van der Waals surface area contributed by atoms with Gasteiger partial charge in [-0.25, -0.2) is 9.97 Å². The second kappa shape index (κ2) is 8.17. The lowest BCUT2D eigenvalue weighted by atomic mass is 9.96. The lowest BCUT2D eigenvalue weighted by molar-refractivity contribution is 0.141. The first kappa shape index (κ1) is 17.7. The van der Waals surface area contributed by atoms with Gasteiger partial charge >= 0.3 is 0 Å². The zero-order valence-corrected chi connectivity index (χ0v) is 14.3. The van der Waals surface area contributed by atoms with Gasteiger partial charge in [0.2, 0.25) is 0 Å². The maximum absolute atomic E-state index is 5.44. The predicted octanol–water partition coefficient (Wildman–Crippen LogP) is 3.43. The van der Waals surface area contributed by atoms with Gasteiger partial charge in [0.25, 0.3) is 0 Å². The Hall–Kier alpha value is -1.36. The van der Waals surface area contributed by atoms with E-state index < -0.39 is 0 Å². The van der Waals surface area contributed by atoms with E-state index in [0.29, 0.717) is 6.61 Å². The minimum absolute atomic E-state index is 0.0799. The molecule has 0 bridgehead atoms. The van der Waals surface area contributed by atoms with Gasteiger partial charge < -0.3 is 15.4 Å². The normalized spacial score (nSPS) is 13.0. The van der Waals surface area contributed by atoms with Crippen LogP contribution in [0, 0.1) is 0 Å². The molecular formula is C16H30N4O. The molecule has 2 N–H and O–H groups in total. The zero-order chi connectivity index (χ0) is 15.9. The topological polar surface area (TPSA) is 59.1 Å². The predicted molar refractivity (Wildman–Crippen MR) is 89.1 cm³/mol. The Bertz CT molecular complexity index is 429. The van der Waals surface area contributed by atoms with Gasteiger partial charge in [0.1, 0.15) is 17.5 Å². The molecule has 0 amide bonds. The Morgan fingerprint density at radius 1 is 1.19 bits per heavy atom. The van der Waals surface area contributed by atoms with Gasteiger partial charge in [0.15, 0.2) is 0 Å². The fourth-order valence-corrected chi connectivity index (χ4v) is 1.79. The molecule has 5 heteroatoms. The molecule has 1 rings (SSSR count). The minimum Gasteiger partial charge on any atom is -0.380 e. The molecule has 1 aromatic rings. The van der Waals surface area contributed by atoms with Crippen molar-refractivity contribution in [3.8, 4) is 0 Å². The number of hydrogen-bond acceptors (Lipinski definition) is 5. The molecule has 1 unspecified atom stereocenters. The molecule has 0 radical (unpaired) electrons. The first-order valence-corrected chi connectivity index (χ1v) is 7.84. The van der Waals surface area contributed by atoms with Gasteiger partial charge in [-0.2, -0.15) is 0 Å². The largest absolute Gasteiger partial charge is 0.380 e. The van der Waals surface area contributed by atoms with Gasteiger partial charge in [0, 0.05) is 30.7 Å². The van der Waals surface area contributed by atoms with Crippen molar-refractivity contribution in [2.45, 2.75) is 59.4 Å². The fourth-order valence-electron chi connectivity index (χ4n) is 1.79. The zero-order valence-electron chi connectivity index (χ0n) is 14.3. The summed E-state index contributed by atoms with van der Waals surface area (Å²) in [6.07, 6.45) is 1.07. The molecule has 0 saturated heterocycles. The monoisotopic (exact) mass is 294 g/mol. The molecular weight excluding hydrogens is 264 g/mol. The molecule has 120 valence electrons. The Kier molecular flexibility index (Phi) is 6.89. The van der Waals surface area contributed by atoms with Crippen LogP contribution >= 0.6 is 0 Å². The Morgan fingerprint density at radius 2 is 1.86 bits per heavy atom. The summed E-state index contributed by atoms with van der Waals surface area (Å²) in [5.74, 6) is 2.57. The molecule has 1 heterocycles. The van der Waals surface area contributed by atoms with Crippen LogP contribution in [-0.4, -0.2) is 35.8 Å². The molecule has 1 aromatic heterocycles. The van der Waals surface area contributed by atoms with Crippen molar-refractivity contribution >= 4 is 11.6 Å². The summed E-state index contributed by atoms with van der Waals surface area (Å²) in [7, 11) is 0. The van der Waals surface area contributed by atoms with Crippen LogP contribution in [0.15, 0.2) is 6.07 Å². The van der Waals surface area contributed by atoms with Crippen LogP contribution in [0.3, 0.4) is 0 Å². The molecule has 0 saturated carbocycles. The van der Waals surface area contributed by atoms with E-state index in [1.165, 1.54) is 0 Å². The first-order valence-electron chi connectivity index (χ1n) is 7.84. The maximum atomic E-state index is 5.44. The van der Waals surface area contributed by atoms with E-state index in [0.717, 1.165) is 37.0 Å². The van der Waals surface area contributed by atoms with Crippen LogP contribution < -0.4 is 10.6 Å². The van der Waals surface area contributed by atoms with E-state index in [2.05, 4.69) is 55.2 Å². The molecule has 0 fully saturated rings. The van der Waals surface area contributed by atoms with E-state index >= 15 is 0 Å². The molecule has 21 heavy (non-hydrogen) atoms. The highest BCUT2D eigenvalue weighted by molar-refractivity contribution is 5.48. The summed E-state index contributed by atoms with van der Waals surface area (Å²) in [6, 6.07) is 2.18. The second-order valence-electron chi connectivity index (χ2n) is 6.34. The van der Waals surface area contributed by atoms with E-state index in [-0.39, 0.29) is 11.5 Å². The summed E-state index contributed by atoms with van der Waals surface area (Å²) in [5.41, 5.74) is -0.0799. The van der Waals surface area contributed by atoms with Crippen molar-refractivity contribution < 1.29 is 4.74 Å². The summed E-state index contributed by atoms with van der Waals surface area (Å²) in [5, 5.41) is 6.73. The van der Waals surface area contributed by atoms with Crippen LogP contribution in [0.5, 0.6) is 0 Å². The average Bonchev–Trinajstić information content (AvgIpc) is 2.41. The number of nitrogens with one attached hydrogen (secondary N) is 2. The second-order valence-corrected chi connectivity index (χ2v) is 6.34. The number of aromatic nitrogens is 2. The summed E-state index contributed by atoms with van der Waals surface area (Å²) in [4.78, 5) is 9.26. The molecule has 0 aliphatic heterocycles. The third kappa shape index (κ3) is 6.29. The average molecular weight is 294 g/mol. The van der Waals surface area contributed by atoms with Crippen LogP contribution in [0.25, 0.3) is 0 Å². The third-order valence-electron chi connectivity index (χ3n) is 2.92. The minimum atomic E-state index is -0.0799. The van der Waals surface area contributed by atoms with E-state index in [9.17, 15) is 0 Å². The number of anilines is 2. The summed E-state index contributed by atoms with van der Waals surface area (Å²) in [6.45, 7) is 14.9. The molecule has 0 aliphatic rings. The van der Waals surface area contributed by atoms with Crippen LogP contribution in [0.4, 0.5) is 11.6 Å². The highest BCUT2D eigenvalue weighted by Gasteiger charge is 2.19. The molecule has 1 atom stereocenters. The van der Waals surface area contributed by atoms with Gasteiger partial charge in [0.05, 0.1) is 6.61 Å². The van der Waals surface area contributed by atoms with Crippen LogP contribution in [0.2, 0.25) is 0 Å². The van der Waals surface area contributed by atoms with Gasteiger partial charge in [-0.15, -0.1) is 0 Å². The van der Waals surface area contributed by atoms with Crippen molar-refractivity contribution in [3.05, 3.63) is 11.9 Å². The van der Waals surface area contributed by atoms with E-state index in [4.69, 9.17) is 4.74 Å². The number of rotatable bonds is 8. The molecule has 0 aliphatic carbocycles. The van der Waals surface area contributed by atoms with Crippen molar-refractivity contribution in [1.29, 1.82) is 0 Å². The molecule has 0 aromatic carbocycles. The lowest BCUT2D eigenvalue weighted by Crippen LogP contribution is -2.24. The summed E-state index contributed by atoms with van der Waals surface area (Å²) >= 11 is 0. The molecule has 0 spiro atoms. The third-order valence-corrected chi connectivity index (χ3v) is 2.92. The van der Waals surface area contributed by atoms with Gasteiger partial charge in [-0.1, -0.05) is 27.7 Å². The van der Waals surface area contributed by atoms with Gasteiger partial charge in [-0.3, -0.25) is 0 Å². The van der Waals surface area contributed by atoms with E-state index in [1.54, 1.807) is 0 Å². The van der Waals surface area contributed by atoms with Gasteiger partial charge in [-0.05, 0) is 20.3 Å². The summed E-state index contributed by atoms with van der Waals surface area (Å²) < 4.78 is 5.44. The van der Waals surface area contributed by atoms with E-state index in [1.807, 2.05) is 13.0 Å². The maximum Gasteiger partial charge on any atom is 0.138 e. The van der Waals surface area contributed by atoms with Crippen LogP contribution in [0.1, 0.15) is 53.8 Å². The van der Waals surface area contributed by atoms with Crippen LogP contribution in [-0.2, 0) is 10.2 Å². The van der Waals surface area contributed by atoms with Crippen molar-refractivity contribution in [2.75, 3.05) is 30.4 Å². The van der Waals surface area contributed by atoms with Crippen molar-refractivity contribution in [1.82, 2.24) is 9.97 Å². The SMILES string of the molecule is CCCNc1cc(NC(C)COCC)nc(C(C)(C)C)n1. The number of hydrogen-bond donors (Lipinski definition) is 2. The fraction of sp³-hybridized carbons (Fsp3) is 0.750. The highest BCUT2D eigenvalue weighted by atomic mass is 16.5. The Labute approximate surface area is 128 Å². The quantitative estimate of drug-likeness (QED) is 0.769. The number of nitrogens with zero attached hydrogens (tertiary/aromatic N) is 2. The first-order chi connectivity index (χ1) is 9.86.